The Morgan fingerprint density at radius 1 is 1.18 bits per heavy atom. The van der Waals surface area contributed by atoms with E-state index in [1.165, 1.54) is 6.07 Å². The molecule has 1 saturated carbocycles. The minimum Gasteiger partial charge on any atom is -0.326 e. The zero-order valence-corrected chi connectivity index (χ0v) is 8.95. The van der Waals surface area contributed by atoms with E-state index in [2.05, 4.69) is 10.6 Å². The van der Waals surface area contributed by atoms with Crippen molar-refractivity contribution in [3.8, 4) is 0 Å². The van der Waals surface area contributed by atoms with Crippen LogP contribution in [0.15, 0.2) is 18.2 Å². The summed E-state index contributed by atoms with van der Waals surface area (Å²) in [6.45, 7) is 0. The number of amides is 3. The molecule has 1 aliphatic carbocycles. The summed E-state index contributed by atoms with van der Waals surface area (Å²) in [5.41, 5.74) is 1.24. The average Bonchev–Trinajstić information content (AvgIpc) is 3.08. The van der Waals surface area contributed by atoms with Crippen LogP contribution in [0.25, 0.3) is 0 Å². The number of fused-ring (bicyclic) bond motifs is 1. The van der Waals surface area contributed by atoms with Crippen LogP contribution in [0.5, 0.6) is 0 Å². The smallest absolute Gasteiger partial charge is 0.259 e. The van der Waals surface area contributed by atoms with Gasteiger partial charge in [-0.15, -0.1) is 0 Å². The lowest BCUT2D eigenvalue weighted by Crippen LogP contribution is -2.19. The highest BCUT2D eigenvalue weighted by Gasteiger charge is 2.30. The number of nitrogens with one attached hydrogen (secondary N) is 2. The molecule has 0 spiro atoms. The first-order valence-corrected chi connectivity index (χ1v) is 5.46. The summed E-state index contributed by atoms with van der Waals surface area (Å²) in [5.74, 6) is -0.703. The molecule has 3 amide bonds. The van der Waals surface area contributed by atoms with Gasteiger partial charge in [0, 0.05) is 11.6 Å². The van der Waals surface area contributed by atoms with E-state index in [1.807, 2.05) is 0 Å². The minimum absolute atomic E-state index is 0.0188. The topological polar surface area (TPSA) is 75.3 Å². The fourth-order valence-electron chi connectivity index (χ4n) is 1.84. The van der Waals surface area contributed by atoms with E-state index in [0.29, 0.717) is 16.8 Å². The molecule has 5 heteroatoms. The van der Waals surface area contributed by atoms with Crippen LogP contribution in [0.4, 0.5) is 5.69 Å². The lowest BCUT2D eigenvalue weighted by molar-refractivity contribution is -0.117. The first-order valence-electron chi connectivity index (χ1n) is 5.46. The van der Waals surface area contributed by atoms with Crippen LogP contribution in [0.1, 0.15) is 33.6 Å². The normalized spacial score (nSPS) is 17.6. The van der Waals surface area contributed by atoms with Crippen LogP contribution in [-0.2, 0) is 4.79 Å². The average molecular weight is 230 g/mol. The highest BCUT2D eigenvalue weighted by atomic mass is 16.2. The van der Waals surface area contributed by atoms with Crippen molar-refractivity contribution in [1.82, 2.24) is 5.32 Å². The predicted molar refractivity (Wildman–Crippen MR) is 59.6 cm³/mol. The fraction of sp³-hybridized carbons (Fsp3) is 0.250. The Bertz CT molecular complexity index is 547. The van der Waals surface area contributed by atoms with Gasteiger partial charge in [0.25, 0.3) is 11.8 Å². The van der Waals surface area contributed by atoms with Crippen LogP contribution in [0, 0.1) is 5.92 Å². The van der Waals surface area contributed by atoms with E-state index in [-0.39, 0.29) is 17.7 Å². The Balaban J connectivity index is 1.88. The number of hydrogen-bond acceptors (Lipinski definition) is 3. The van der Waals surface area contributed by atoms with Gasteiger partial charge < -0.3 is 5.32 Å². The summed E-state index contributed by atoms with van der Waals surface area (Å²) >= 11 is 0. The highest BCUT2D eigenvalue weighted by Crippen LogP contribution is 2.30. The zero-order chi connectivity index (χ0) is 12.0. The molecule has 5 nitrogen and oxygen atoms in total. The third-order valence-electron chi connectivity index (χ3n) is 2.95. The maximum absolute atomic E-state index is 11.5. The minimum atomic E-state index is -0.410. The first-order chi connectivity index (χ1) is 8.15. The van der Waals surface area contributed by atoms with Crippen LogP contribution in [0.2, 0.25) is 0 Å². The van der Waals surface area contributed by atoms with Crippen molar-refractivity contribution in [2.45, 2.75) is 12.8 Å². The molecule has 1 aromatic rings. The number of benzene rings is 1. The molecule has 17 heavy (non-hydrogen) atoms. The van der Waals surface area contributed by atoms with Crippen molar-refractivity contribution in [2.24, 2.45) is 5.92 Å². The number of anilines is 1. The van der Waals surface area contributed by atoms with Gasteiger partial charge in [-0.25, -0.2) is 0 Å². The van der Waals surface area contributed by atoms with Crippen LogP contribution in [-0.4, -0.2) is 17.7 Å². The van der Waals surface area contributed by atoms with E-state index in [1.54, 1.807) is 12.1 Å². The van der Waals surface area contributed by atoms with Gasteiger partial charge in [-0.2, -0.15) is 0 Å². The zero-order valence-electron chi connectivity index (χ0n) is 8.95. The van der Waals surface area contributed by atoms with Gasteiger partial charge in [0.15, 0.2) is 0 Å². The molecular formula is C12H10N2O3. The van der Waals surface area contributed by atoms with Crippen molar-refractivity contribution >= 4 is 23.4 Å². The van der Waals surface area contributed by atoms with Gasteiger partial charge in [-0.3, -0.25) is 19.7 Å². The lowest BCUT2D eigenvalue weighted by atomic mass is 10.1. The molecular weight excluding hydrogens is 220 g/mol. The third kappa shape index (κ3) is 1.69. The van der Waals surface area contributed by atoms with Gasteiger partial charge in [-0.1, -0.05) is 0 Å². The van der Waals surface area contributed by atoms with Crippen molar-refractivity contribution in [1.29, 1.82) is 0 Å². The summed E-state index contributed by atoms with van der Waals surface area (Å²) in [6, 6.07) is 4.73. The van der Waals surface area contributed by atoms with Crippen LogP contribution < -0.4 is 10.6 Å². The van der Waals surface area contributed by atoms with Crippen molar-refractivity contribution in [3.05, 3.63) is 29.3 Å². The van der Waals surface area contributed by atoms with Crippen molar-refractivity contribution in [3.63, 3.8) is 0 Å². The molecule has 86 valence electrons. The number of carbonyl (C=O) groups excluding carboxylic acids is 3. The van der Waals surface area contributed by atoms with Gasteiger partial charge in [-0.05, 0) is 31.0 Å². The second-order valence-corrected chi connectivity index (χ2v) is 4.31. The summed E-state index contributed by atoms with van der Waals surface area (Å²) in [5, 5.41) is 4.95. The molecule has 1 aromatic carbocycles. The van der Waals surface area contributed by atoms with Crippen molar-refractivity contribution < 1.29 is 14.4 Å². The molecule has 1 heterocycles. The monoisotopic (exact) mass is 230 g/mol. The van der Waals surface area contributed by atoms with Gasteiger partial charge in [0.1, 0.15) is 0 Å². The molecule has 0 atom stereocenters. The number of carbonyl (C=O) groups is 3. The molecule has 1 fully saturated rings. The first kappa shape index (κ1) is 10.0. The van der Waals surface area contributed by atoms with Gasteiger partial charge in [0.2, 0.25) is 5.91 Å². The second kappa shape index (κ2) is 3.41. The summed E-state index contributed by atoms with van der Waals surface area (Å²) in [7, 11) is 0. The Labute approximate surface area is 97.2 Å². The van der Waals surface area contributed by atoms with Crippen LogP contribution >= 0.6 is 0 Å². The predicted octanol–water partition coefficient (Wildman–Crippen LogP) is 0.919. The van der Waals surface area contributed by atoms with E-state index < -0.39 is 5.91 Å². The maximum atomic E-state index is 11.5. The van der Waals surface area contributed by atoms with E-state index in [4.69, 9.17) is 0 Å². The maximum Gasteiger partial charge on any atom is 0.259 e. The summed E-state index contributed by atoms with van der Waals surface area (Å²) < 4.78 is 0. The Morgan fingerprint density at radius 3 is 2.59 bits per heavy atom. The molecule has 3 rings (SSSR count). The molecule has 0 aromatic heterocycles. The SMILES string of the molecule is O=C1NC(=O)c2cc(NC(=O)C3CC3)ccc21. The Kier molecular flexibility index (Phi) is 2.01. The largest absolute Gasteiger partial charge is 0.326 e. The second-order valence-electron chi connectivity index (χ2n) is 4.31. The molecule has 2 N–H and O–H groups in total. The van der Waals surface area contributed by atoms with Crippen LogP contribution in [0.3, 0.4) is 0 Å². The number of hydrogen-bond donors (Lipinski definition) is 2. The van der Waals surface area contributed by atoms with Gasteiger partial charge in [0.05, 0.1) is 11.1 Å². The van der Waals surface area contributed by atoms with Gasteiger partial charge >= 0.3 is 0 Å². The third-order valence-corrected chi connectivity index (χ3v) is 2.95. The highest BCUT2D eigenvalue weighted by molar-refractivity contribution is 6.22. The number of rotatable bonds is 2. The van der Waals surface area contributed by atoms with E-state index in [9.17, 15) is 14.4 Å². The lowest BCUT2D eigenvalue weighted by Gasteiger charge is -2.04. The Morgan fingerprint density at radius 2 is 1.88 bits per heavy atom. The molecule has 1 aliphatic heterocycles. The fourth-order valence-corrected chi connectivity index (χ4v) is 1.84. The quantitative estimate of drug-likeness (QED) is 0.742. The number of imide groups is 1. The van der Waals surface area contributed by atoms with E-state index >= 15 is 0 Å². The molecule has 0 saturated heterocycles. The summed E-state index contributed by atoms with van der Waals surface area (Å²) in [6.07, 6.45) is 1.85. The molecule has 2 aliphatic rings. The molecule has 0 bridgehead atoms. The molecule has 0 radical (unpaired) electrons. The van der Waals surface area contributed by atoms with Crippen molar-refractivity contribution in [2.75, 3.05) is 5.32 Å². The summed E-state index contributed by atoms with van der Waals surface area (Å²) in [4.78, 5) is 34.3. The molecule has 0 unspecified atom stereocenters. The Hall–Kier alpha value is -2.17. The standard InChI is InChI=1S/C12H10N2O3/c15-10(6-1-2-6)13-7-3-4-8-9(5-7)12(17)14-11(8)16/h3-6H,1-2H2,(H,13,15)(H,14,16,17). The van der Waals surface area contributed by atoms with E-state index in [0.717, 1.165) is 12.8 Å².